The van der Waals surface area contributed by atoms with Gasteiger partial charge in [-0.15, -0.1) is 0 Å². The van der Waals surface area contributed by atoms with Gasteiger partial charge >= 0.3 is 6.03 Å². The lowest BCUT2D eigenvalue weighted by Gasteiger charge is -2.41. The van der Waals surface area contributed by atoms with Crippen LogP contribution in [0.1, 0.15) is 47.1 Å². The van der Waals surface area contributed by atoms with Gasteiger partial charge in [0.05, 0.1) is 18.8 Å². The van der Waals surface area contributed by atoms with Crippen molar-refractivity contribution in [1.29, 1.82) is 0 Å². The Kier molecular flexibility index (Phi) is 10.4. The highest BCUT2D eigenvalue weighted by atomic mass is 32.2. The molecule has 46 heavy (non-hydrogen) atoms. The Balaban J connectivity index is 1.16. The van der Waals surface area contributed by atoms with E-state index in [0.29, 0.717) is 18.8 Å². The van der Waals surface area contributed by atoms with E-state index in [-0.39, 0.29) is 30.8 Å². The van der Waals surface area contributed by atoms with Crippen LogP contribution in [0.15, 0.2) is 115 Å². The van der Waals surface area contributed by atoms with E-state index < -0.39 is 6.29 Å². The number of thioether (sulfide) groups is 1. The molecule has 1 saturated heterocycles. The molecule has 0 radical (unpaired) electrons. The number of aromatic amines is 1. The average Bonchev–Trinajstić information content (AvgIpc) is 3.64. The fourth-order valence-corrected chi connectivity index (χ4v) is 6.43. The third-order valence-corrected chi connectivity index (χ3v) is 9.03. The summed E-state index contributed by atoms with van der Waals surface area (Å²) >= 11 is 1.57. The van der Waals surface area contributed by atoms with Gasteiger partial charge in [-0.05, 0) is 45.5 Å². The molecule has 1 aromatic heterocycles. The predicted octanol–water partition coefficient (Wildman–Crippen LogP) is 6.55. The highest BCUT2D eigenvalue weighted by Crippen LogP contribution is 2.43. The standard InChI is InChI=1S/C36H37N5O4S/c1-24-32(22-46-36-39-23-40-41-36)44-34(45-33(24)28-15-13-26(21-42)14-16-28)31-12-6-11-30(18-31)29-10-5-9-27(17-29)20-38-35(43)37-19-25-7-3-2-4-8-25/h2-18,23-24,32-34,42H,19-22H2,1H3,(H2,37,38,43)(H,39,40,41)/t24-,32+,33+,34+/m1/s1. The van der Waals surface area contributed by atoms with Crippen molar-refractivity contribution in [3.63, 3.8) is 0 Å². The number of carbonyl (C=O) groups is 1. The van der Waals surface area contributed by atoms with Crippen LogP contribution in [0.3, 0.4) is 0 Å². The molecular formula is C36H37N5O4S. The summed E-state index contributed by atoms with van der Waals surface area (Å²) in [5.74, 6) is 0.735. The highest BCUT2D eigenvalue weighted by molar-refractivity contribution is 7.99. The van der Waals surface area contributed by atoms with E-state index in [9.17, 15) is 9.90 Å². The molecule has 2 heterocycles. The Labute approximate surface area is 272 Å². The minimum absolute atomic E-state index is 0.00491. The van der Waals surface area contributed by atoms with Crippen LogP contribution < -0.4 is 10.6 Å². The van der Waals surface area contributed by atoms with Gasteiger partial charge in [0.25, 0.3) is 0 Å². The Bertz CT molecular complexity index is 1700. The first kappa shape index (κ1) is 31.5. The number of carbonyl (C=O) groups excluding carboxylic acids is 1. The number of aromatic nitrogens is 3. The summed E-state index contributed by atoms with van der Waals surface area (Å²) in [5.41, 5.74) is 6.91. The predicted molar refractivity (Wildman–Crippen MR) is 177 cm³/mol. The topological polar surface area (TPSA) is 121 Å². The molecule has 5 aromatic rings. The number of amides is 2. The lowest BCUT2D eigenvalue weighted by Crippen LogP contribution is -2.38. The number of aliphatic hydroxyl groups excluding tert-OH is 1. The summed E-state index contributed by atoms with van der Waals surface area (Å²) < 4.78 is 13.3. The summed E-state index contributed by atoms with van der Waals surface area (Å²) in [6, 6.07) is 33.9. The number of hydrogen-bond acceptors (Lipinski definition) is 7. The number of nitrogens with zero attached hydrogens (tertiary/aromatic N) is 2. The number of benzene rings is 4. The summed E-state index contributed by atoms with van der Waals surface area (Å²) in [6.07, 6.45) is 0.583. The van der Waals surface area contributed by atoms with E-state index in [1.54, 1.807) is 11.8 Å². The minimum atomic E-state index is -0.586. The number of nitrogens with one attached hydrogen (secondary N) is 3. The van der Waals surface area contributed by atoms with E-state index in [2.05, 4.69) is 57.0 Å². The summed E-state index contributed by atoms with van der Waals surface area (Å²) in [6.45, 7) is 3.01. The van der Waals surface area contributed by atoms with Crippen molar-refractivity contribution in [3.05, 3.63) is 137 Å². The van der Waals surface area contributed by atoms with Crippen molar-refractivity contribution in [3.8, 4) is 11.1 Å². The second kappa shape index (κ2) is 15.2. The molecule has 1 aliphatic heterocycles. The van der Waals surface area contributed by atoms with Crippen molar-refractivity contribution < 1.29 is 19.4 Å². The van der Waals surface area contributed by atoms with Gasteiger partial charge in [0.2, 0.25) is 0 Å². The van der Waals surface area contributed by atoms with Gasteiger partial charge in [-0.25, -0.2) is 9.78 Å². The van der Waals surface area contributed by atoms with Crippen molar-refractivity contribution in [2.45, 2.75) is 50.3 Å². The smallest absolute Gasteiger partial charge is 0.315 e. The quantitative estimate of drug-likeness (QED) is 0.122. The molecule has 10 heteroatoms. The highest BCUT2D eigenvalue weighted by Gasteiger charge is 2.38. The van der Waals surface area contributed by atoms with Crippen LogP contribution in [0, 0.1) is 5.92 Å². The molecule has 9 nitrogen and oxygen atoms in total. The third kappa shape index (κ3) is 8.02. The number of ether oxygens (including phenoxy) is 2. The lowest BCUT2D eigenvalue weighted by molar-refractivity contribution is -0.268. The molecule has 1 aliphatic rings. The normalized spacial score (nSPS) is 19.4. The maximum absolute atomic E-state index is 12.4. The van der Waals surface area contributed by atoms with Crippen LogP contribution in [0.4, 0.5) is 4.79 Å². The lowest BCUT2D eigenvalue weighted by atomic mass is 9.91. The van der Waals surface area contributed by atoms with Gasteiger partial charge in [-0.3, -0.25) is 5.10 Å². The molecular weight excluding hydrogens is 598 g/mol. The number of urea groups is 1. The number of H-pyrrole nitrogens is 1. The van der Waals surface area contributed by atoms with Crippen molar-refractivity contribution in [2.24, 2.45) is 5.92 Å². The number of aliphatic hydroxyl groups is 1. The third-order valence-electron chi connectivity index (χ3n) is 8.07. The Hall–Kier alpha value is -4.48. The van der Waals surface area contributed by atoms with Crippen molar-refractivity contribution >= 4 is 17.8 Å². The van der Waals surface area contributed by atoms with Crippen LogP contribution in [0.2, 0.25) is 0 Å². The Morgan fingerprint density at radius 2 is 1.54 bits per heavy atom. The molecule has 0 unspecified atom stereocenters. The van der Waals surface area contributed by atoms with Gasteiger partial charge < -0.3 is 25.2 Å². The monoisotopic (exact) mass is 635 g/mol. The van der Waals surface area contributed by atoms with Gasteiger partial charge in [0.1, 0.15) is 6.33 Å². The molecule has 4 atom stereocenters. The van der Waals surface area contributed by atoms with Crippen molar-refractivity contribution in [1.82, 2.24) is 25.8 Å². The maximum Gasteiger partial charge on any atom is 0.315 e. The molecule has 0 bridgehead atoms. The molecule has 0 saturated carbocycles. The molecule has 0 spiro atoms. The van der Waals surface area contributed by atoms with Gasteiger partial charge in [0, 0.05) is 30.3 Å². The molecule has 6 rings (SSSR count). The Morgan fingerprint density at radius 1 is 0.826 bits per heavy atom. The summed E-state index contributed by atoms with van der Waals surface area (Å²) in [7, 11) is 0. The molecule has 4 N–H and O–H groups in total. The largest absolute Gasteiger partial charge is 0.392 e. The van der Waals surface area contributed by atoms with E-state index in [4.69, 9.17) is 9.47 Å². The first-order valence-corrected chi connectivity index (χ1v) is 16.3. The molecule has 0 aliphatic carbocycles. The van der Waals surface area contributed by atoms with E-state index >= 15 is 0 Å². The van der Waals surface area contributed by atoms with Gasteiger partial charge in [-0.2, -0.15) is 5.10 Å². The molecule has 4 aromatic carbocycles. The summed E-state index contributed by atoms with van der Waals surface area (Å²) in [5, 5.41) is 23.0. The second-order valence-electron chi connectivity index (χ2n) is 11.3. The first-order chi connectivity index (χ1) is 22.6. The zero-order valence-electron chi connectivity index (χ0n) is 25.5. The van der Waals surface area contributed by atoms with Gasteiger partial charge in [-0.1, -0.05) is 110 Å². The van der Waals surface area contributed by atoms with E-state index in [0.717, 1.165) is 44.1 Å². The van der Waals surface area contributed by atoms with Crippen molar-refractivity contribution in [2.75, 3.05) is 5.75 Å². The van der Waals surface area contributed by atoms with E-state index in [1.807, 2.05) is 78.9 Å². The zero-order chi connectivity index (χ0) is 31.7. The second-order valence-corrected chi connectivity index (χ2v) is 12.3. The SMILES string of the molecule is C[C@@H]1[C@H](CSc2ncn[nH]2)O[C@H](c2cccc(-c3cccc(CNC(=O)NCc4ccccc4)c3)c2)O[C@@H]1c1ccc(CO)cc1. The van der Waals surface area contributed by atoms with Crippen LogP contribution in [-0.4, -0.2) is 38.2 Å². The minimum Gasteiger partial charge on any atom is -0.392 e. The van der Waals surface area contributed by atoms with Crippen LogP contribution in [0.25, 0.3) is 11.1 Å². The Morgan fingerprint density at radius 3 is 2.28 bits per heavy atom. The molecule has 1 fully saturated rings. The fraction of sp³-hybridized carbons (Fsp3) is 0.250. The average molecular weight is 636 g/mol. The zero-order valence-corrected chi connectivity index (χ0v) is 26.3. The number of rotatable bonds is 11. The molecule has 236 valence electrons. The summed E-state index contributed by atoms with van der Waals surface area (Å²) in [4.78, 5) is 16.7. The van der Waals surface area contributed by atoms with Crippen LogP contribution >= 0.6 is 11.8 Å². The van der Waals surface area contributed by atoms with E-state index in [1.165, 1.54) is 6.33 Å². The number of hydrogen-bond donors (Lipinski definition) is 4. The van der Waals surface area contributed by atoms with Crippen LogP contribution in [0.5, 0.6) is 0 Å². The first-order valence-electron chi connectivity index (χ1n) is 15.3. The molecule has 2 amide bonds. The maximum atomic E-state index is 12.4. The fourth-order valence-electron chi connectivity index (χ4n) is 5.48. The van der Waals surface area contributed by atoms with Gasteiger partial charge in [0.15, 0.2) is 11.4 Å². The van der Waals surface area contributed by atoms with Crippen LogP contribution in [-0.2, 0) is 29.2 Å².